The van der Waals surface area contributed by atoms with Crippen molar-refractivity contribution < 1.29 is 4.79 Å². The minimum absolute atomic E-state index is 0.196. The lowest BCUT2D eigenvalue weighted by Crippen LogP contribution is -2.29. The molecule has 0 aliphatic carbocycles. The molecule has 0 amide bonds. The van der Waals surface area contributed by atoms with Crippen LogP contribution in [0.2, 0.25) is 0 Å². The number of hydrogen-bond donors (Lipinski definition) is 0. The van der Waals surface area contributed by atoms with Crippen LogP contribution in [0.5, 0.6) is 0 Å². The molecule has 16 heavy (non-hydrogen) atoms. The highest BCUT2D eigenvalue weighted by Gasteiger charge is 2.37. The van der Waals surface area contributed by atoms with Crippen molar-refractivity contribution in [2.75, 3.05) is 5.75 Å². The Kier molecular flexibility index (Phi) is 3.45. The standard InChI is InChI=1S/C13H15BrOS/c1-9-8-10(14)4-5-11(9)12(15)13(2)6-3-7-16-13/h4-5,8H,3,6-7H2,1-2H3. The van der Waals surface area contributed by atoms with Gasteiger partial charge in [-0.2, -0.15) is 0 Å². The fourth-order valence-corrected chi connectivity index (χ4v) is 3.87. The molecular weight excluding hydrogens is 284 g/mol. The summed E-state index contributed by atoms with van der Waals surface area (Å²) in [6.07, 6.45) is 2.16. The summed E-state index contributed by atoms with van der Waals surface area (Å²) in [5, 5.41) is 0. The van der Waals surface area contributed by atoms with Crippen LogP contribution in [-0.2, 0) is 0 Å². The van der Waals surface area contributed by atoms with E-state index < -0.39 is 0 Å². The zero-order valence-electron chi connectivity index (χ0n) is 9.55. The lowest BCUT2D eigenvalue weighted by atomic mass is 9.92. The Morgan fingerprint density at radius 3 is 2.81 bits per heavy atom. The van der Waals surface area contributed by atoms with Crippen molar-refractivity contribution in [1.29, 1.82) is 0 Å². The molecule has 1 aliphatic rings. The van der Waals surface area contributed by atoms with Crippen LogP contribution in [0.15, 0.2) is 22.7 Å². The molecular formula is C13H15BrOS. The van der Waals surface area contributed by atoms with Crippen LogP contribution >= 0.6 is 27.7 Å². The summed E-state index contributed by atoms with van der Waals surface area (Å²) in [5.74, 6) is 1.40. The van der Waals surface area contributed by atoms with Gasteiger partial charge in [-0.15, -0.1) is 11.8 Å². The van der Waals surface area contributed by atoms with Crippen molar-refractivity contribution in [2.24, 2.45) is 0 Å². The molecule has 3 heteroatoms. The molecule has 0 radical (unpaired) electrons. The molecule has 1 aromatic rings. The second-order valence-corrected chi connectivity index (χ2v) is 6.98. The maximum atomic E-state index is 12.5. The van der Waals surface area contributed by atoms with Crippen LogP contribution in [0.25, 0.3) is 0 Å². The Morgan fingerprint density at radius 2 is 2.25 bits per heavy atom. The predicted octanol–water partition coefficient (Wildman–Crippen LogP) is 4.23. The molecule has 86 valence electrons. The van der Waals surface area contributed by atoms with Crippen molar-refractivity contribution in [3.63, 3.8) is 0 Å². The SMILES string of the molecule is Cc1cc(Br)ccc1C(=O)C1(C)CCCS1. The molecule has 1 fully saturated rings. The molecule has 1 nitrogen and oxygen atoms in total. The van der Waals surface area contributed by atoms with Gasteiger partial charge in [0.1, 0.15) is 0 Å². The number of Topliss-reactive ketones (excluding diaryl/α,β-unsaturated/α-hetero) is 1. The van der Waals surface area contributed by atoms with E-state index in [1.54, 1.807) is 11.8 Å². The number of ketones is 1. The third-order valence-electron chi connectivity index (χ3n) is 3.13. The first-order chi connectivity index (χ1) is 7.53. The number of benzene rings is 1. The monoisotopic (exact) mass is 298 g/mol. The molecule has 1 unspecified atom stereocenters. The van der Waals surface area contributed by atoms with E-state index in [4.69, 9.17) is 0 Å². The summed E-state index contributed by atoms with van der Waals surface area (Å²) in [6.45, 7) is 4.08. The molecule has 2 rings (SSSR count). The lowest BCUT2D eigenvalue weighted by molar-refractivity contribution is 0.0948. The smallest absolute Gasteiger partial charge is 0.178 e. The Balaban J connectivity index is 2.33. The van der Waals surface area contributed by atoms with Crippen molar-refractivity contribution in [3.05, 3.63) is 33.8 Å². The number of carbonyl (C=O) groups is 1. The Morgan fingerprint density at radius 1 is 1.50 bits per heavy atom. The summed E-state index contributed by atoms with van der Waals surface area (Å²) in [5.41, 5.74) is 1.94. The molecule has 1 heterocycles. The first-order valence-corrected chi connectivity index (χ1v) is 7.26. The number of carbonyl (C=O) groups excluding carboxylic acids is 1. The minimum atomic E-state index is -0.196. The highest BCUT2D eigenvalue weighted by Crippen LogP contribution is 2.40. The third-order valence-corrected chi connectivity index (χ3v) is 5.14. The van der Waals surface area contributed by atoms with Crippen LogP contribution in [0.3, 0.4) is 0 Å². The van der Waals surface area contributed by atoms with Gasteiger partial charge >= 0.3 is 0 Å². The minimum Gasteiger partial charge on any atom is -0.293 e. The largest absolute Gasteiger partial charge is 0.293 e. The summed E-state index contributed by atoms with van der Waals surface area (Å²) < 4.78 is 0.837. The van der Waals surface area contributed by atoms with Crippen LogP contribution in [-0.4, -0.2) is 16.3 Å². The van der Waals surface area contributed by atoms with Gasteiger partial charge in [0.25, 0.3) is 0 Å². The predicted molar refractivity (Wildman–Crippen MR) is 73.3 cm³/mol. The van der Waals surface area contributed by atoms with Gasteiger partial charge in [-0.25, -0.2) is 0 Å². The Hall–Kier alpha value is -0.280. The van der Waals surface area contributed by atoms with Crippen LogP contribution < -0.4 is 0 Å². The summed E-state index contributed by atoms with van der Waals surface area (Å²) in [6, 6.07) is 5.89. The number of hydrogen-bond acceptors (Lipinski definition) is 2. The molecule has 0 aromatic heterocycles. The van der Waals surface area contributed by atoms with Gasteiger partial charge in [0.2, 0.25) is 0 Å². The van der Waals surface area contributed by atoms with E-state index >= 15 is 0 Å². The maximum absolute atomic E-state index is 12.5. The normalized spacial score (nSPS) is 24.7. The van der Waals surface area contributed by atoms with E-state index in [1.807, 2.05) is 25.1 Å². The van der Waals surface area contributed by atoms with E-state index in [0.29, 0.717) is 5.78 Å². The topological polar surface area (TPSA) is 17.1 Å². The summed E-state index contributed by atoms with van der Waals surface area (Å²) in [7, 11) is 0. The number of aryl methyl sites for hydroxylation is 1. The van der Waals surface area contributed by atoms with Crippen LogP contribution in [0.1, 0.15) is 35.7 Å². The number of halogens is 1. The van der Waals surface area contributed by atoms with E-state index in [0.717, 1.165) is 34.2 Å². The third kappa shape index (κ3) is 2.21. The fourth-order valence-electron chi connectivity index (χ4n) is 2.12. The van der Waals surface area contributed by atoms with Crippen molar-refractivity contribution >= 4 is 33.5 Å². The second-order valence-electron chi connectivity index (χ2n) is 4.47. The zero-order chi connectivity index (χ0) is 11.8. The molecule has 1 saturated heterocycles. The van der Waals surface area contributed by atoms with E-state index in [9.17, 15) is 4.79 Å². The molecule has 1 aliphatic heterocycles. The van der Waals surface area contributed by atoms with E-state index in [1.165, 1.54) is 0 Å². The molecule has 0 bridgehead atoms. The van der Waals surface area contributed by atoms with Crippen molar-refractivity contribution in [1.82, 2.24) is 0 Å². The van der Waals surface area contributed by atoms with Gasteiger partial charge in [0, 0.05) is 10.0 Å². The fraction of sp³-hybridized carbons (Fsp3) is 0.462. The molecule has 0 saturated carbocycles. The first-order valence-electron chi connectivity index (χ1n) is 5.48. The van der Waals surface area contributed by atoms with Gasteiger partial charge in [0.05, 0.1) is 4.75 Å². The summed E-state index contributed by atoms with van der Waals surface area (Å²) >= 11 is 5.23. The number of rotatable bonds is 2. The molecule has 0 spiro atoms. The highest BCUT2D eigenvalue weighted by atomic mass is 79.9. The Bertz CT molecular complexity index is 422. The summed E-state index contributed by atoms with van der Waals surface area (Å²) in [4.78, 5) is 12.5. The van der Waals surface area contributed by atoms with Crippen molar-refractivity contribution in [3.8, 4) is 0 Å². The average Bonchev–Trinajstić information content (AvgIpc) is 2.66. The quantitative estimate of drug-likeness (QED) is 0.760. The lowest BCUT2D eigenvalue weighted by Gasteiger charge is -2.21. The Labute approximate surface area is 109 Å². The second kappa shape index (κ2) is 4.53. The first kappa shape index (κ1) is 12.2. The molecule has 1 atom stereocenters. The van der Waals surface area contributed by atoms with E-state index in [2.05, 4.69) is 22.9 Å². The highest BCUT2D eigenvalue weighted by molar-refractivity contribution is 9.10. The maximum Gasteiger partial charge on any atom is 0.178 e. The van der Waals surface area contributed by atoms with E-state index in [-0.39, 0.29) is 4.75 Å². The van der Waals surface area contributed by atoms with Crippen LogP contribution in [0, 0.1) is 6.92 Å². The van der Waals surface area contributed by atoms with Crippen LogP contribution in [0.4, 0.5) is 0 Å². The van der Waals surface area contributed by atoms with Gasteiger partial charge in [0.15, 0.2) is 5.78 Å². The molecule has 0 N–H and O–H groups in total. The van der Waals surface area contributed by atoms with Gasteiger partial charge in [-0.3, -0.25) is 4.79 Å². The van der Waals surface area contributed by atoms with Gasteiger partial charge < -0.3 is 0 Å². The number of thioether (sulfide) groups is 1. The molecule has 1 aromatic carbocycles. The van der Waals surface area contributed by atoms with Gasteiger partial charge in [-0.1, -0.05) is 15.9 Å². The van der Waals surface area contributed by atoms with Crippen molar-refractivity contribution in [2.45, 2.75) is 31.4 Å². The zero-order valence-corrected chi connectivity index (χ0v) is 12.0. The average molecular weight is 299 g/mol. The van der Waals surface area contributed by atoms with Gasteiger partial charge in [-0.05, 0) is 56.2 Å².